The van der Waals surface area contributed by atoms with Gasteiger partial charge in [0, 0.05) is 11.8 Å². The molecule has 0 amide bonds. The molecule has 1 rings (SSSR count). The lowest BCUT2D eigenvalue weighted by molar-refractivity contribution is -0.138. The summed E-state index contributed by atoms with van der Waals surface area (Å²) in [6, 6.07) is 0.117. The summed E-state index contributed by atoms with van der Waals surface area (Å²) in [6.07, 6.45) is 0.696. The van der Waals surface area contributed by atoms with Gasteiger partial charge in [-0.2, -0.15) is 0 Å². The molecule has 0 spiro atoms. The smallest absolute Gasteiger partial charge is 0.325 e. The number of rotatable bonds is 3. The van der Waals surface area contributed by atoms with Gasteiger partial charge in [0.1, 0.15) is 16.7 Å². The molecule has 0 heterocycles. The van der Waals surface area contributed by atoms with Crippen LogP contribution in [0.5, 0.6) is 5.75 Å². The van der Waals surface area contributed by atoms with Gasteiger partial charge in [0.15, 0.2) is 15.7 Å². The molecular formula is C9H10FNO5S. The van der Waals surface area contributed by atoms with E-state index < -0.39 is 43.9 Å². The number of hydrogen-bond donors (Lipinski definition) is 3. The largest absolute Gasteiger partial charge is 0.506 e. The van der Waals surface area contributed by atoms with Crippen molar-refractivity contribution < 1.29 is 27.8 Å². The van der Waals surface area contributed by atoms with Crippen molar-refractivity contribution in [3.63, 3.8) is 0 Å². The molecule has 1 atom stereocenters. The Kier molecular flexibility index (Phi) is 3.39. The van der Waals surface area contributed by atoms with E-state index in [2.05, 4.69) is 0 Å². The Hall–Kier alpha value is -1.67. The summed E-state index contributed by atoms with van der Waals surface area (Å²) in [5.74, 6) is -3.64. The summed E-state index contributed by atoms with van der Waals surface area (Å²) >= 11 is 0. The van der Waals surface area contributed by atoms with Crippen molar-refractivity contribution in [3.05, 3.63) is 23.5 Å². The van der Waals surface area contributed by atoms with Gasteiger partial charge in [-0.1, -0.05) is 6.07 Å². The molecule has 1 aromatic carbocycles. The molecule has 0 aliphatic carbocycles. The lowest BCUT2D eigenvalue weighted by Gasteiger charge is -2.11. The van der Waals surface area contributed by atoms with Gasteiger partial charge in [0.25, 0.3) is 0 Å². The molecule has 6 nitrogen and oxygen atoms in total. The summed E-state index contributed by atoms with van der Waals surface area (Å²) in [7, 11) is -4.02. The van der Waals surface area contributed by atoms with E-state index in [0.717, 1.165) is 12.1 Å². The van der Waals surface area contributed by atoms with E-state index >= 15 is 0 Å². The number of hydrogen-bond acceptors (Lipinski definition) is 5. The normalized spacial score (nSPS) is 13.4. The molecule has 0 aliphatic rings. The first-order valence-electron chi connectivity index (χ1n) is 4.36. The van der Waals surface area contributed by atoms with E-state index in [4.69, 9.17) is 10.8 Å². The quantitative estimate of drug-likeness (QED) is 0.707. The molecule has 0 aliphatic heterocycles. The van der Waals surface area contributed by atoms with Crippen LogP contribution in [-0.4, -0.2) is 30.9 Å². The maximum absolute atomic E-state index is 13.8. The van der Waals surface area contributed by atoms with Crippen LogP contribution in [0.2, 0.25) is 0 Å². The molecule has 0 fully saturated rings. The molecule has 0 bridgehead atoms. The van der Waals surface area contributed by atoms with Crippen LogP contribution in [0.25, 0.3) is 0 Å². The Balaban J connectivity index is 3.55. The standard InChI is InChI=1S/C9H10FNO5S/c1-17(15,16)8-5(12)3-2-4(6(8)10)7(11)9(13)14/h2-3,7,12H,11H2,1H3,(H,13,14). The van der Waals surface area contributed by atoms with Gasteiger partial charge in [-0.3, -0.25) is 4.79 Å². The van der Waals surface area contributed by atoms with Crippen molar-refractivity contribution in [2.75, 3.05) is 6.26 Å². The number of nitrogens with two attached hydrogens (primary N) is 1. The van der Waals surface area contributed by atoms with Crippen molar-refractivity contribution >= 4 is 15.8 Å². The molecule has 4 N–H and O–H groups in total. The fraction of sp³-hybridized carbons (Fsp3) is 0.222. The van der Waals surface area contributed by atoms with E-state index in [1.54, 1.807) is 0 Å². The van der Waals surface area contributed by atoms with Crippen LogP contribution in [0.1, 0.15) is 11.6 Å². The minimum Gasteiger partial charge on any atom is -0.506 e. The molecule has 0 saturated carbocycles. The van der Waals surface area contributed by atoms with Gasteiger partial charge >= 0.3 is 5.97 Å². The number of benzene rings is 1. The van der Waals surface area contributed by atoms with Gasteiger partial charge in [-0.25, -0.2) is 12.8 Å². The fourth-order valence-corrected chi connectivity index (χ4v) is 2.18. The minimum absolute atomic E-state index is 0.504. The first kappa shape index (κ1) is 13.4. The summed E-state index contributed by atoms with van der Waals surface area (Å²) in [6.45, 7) is 0. The highest BCUT2D eigenvalue weighted by atomic mass is 32.2. The highest BCUT2D eigenvalue weighted by molar-refractivity contribution is 7.90. The number of phenols is 1. The number of aromatic hydroxyl groups is 1. The fourth-order valence-electron chi connectivity index (χ4n) is 1.29. The molecule has 1 unspecified atom stereocenters. The second-order valence-electron chi connectivity index (χ2n) is 3.41. The monoisotopic (exact) mass is 263 g/mol. The van der Waals surface area contributed by atoms with Gasteiger partial charge in [-0.05, 0) is 6.07 Å². The third kappa shape index (κ3) is 2.53. The second-order valence-corrected chi connectivity index (χ2v) is 5.36. The highest BCUT2D eigenvalue weighted by Gasteiger charge is 2.26. The zero-order valence-corrected chi connectivity index (χ0v) is 9.53. The summed E-state index contributed by atoms with van der Waals surface area (Å²) in [4.78, 5) is 9.64. The number of carboxylic acids is 1. The molecule has 94 valence electrons. The van der Waals surface area contributed by atoms with E-state index in [0.29, 0.717) is 6.26 Å². The van der Waals surface area contributed by atoms with E-state index in [1.165, 1.54) is 0 Å². The van der Waals surface area contributed by atoms with Crippen molar-refractivity contribution in [1.82, 2.24) is 0 Å². The minimum atomic E-state index is -4.02. The van der Waals surface area contributed by atoms with Crippen LogP contribution >= 0.6 is 0 Å². The topological polar surface area (TPSA) is 118 Å². The second kappa shape index (κ2) is 4.30. The predicted octanol–water partition coefficient (Wildman–Crippen LogP) is 0.0192. The zero-order chi connectivity index (χ0) is 13.4. The zero-order valence-electron chi connectivity index (χ0n) is 8.71. The van der Waals surface area contributed by atoms with E-state index in [1.807, 2.05) is 0 Å². The average molecular weight is 263 g/mol. The molecule has 1 aromatic rings. The first-order chi connectivity index (χ1) is 7.66. The van der Waals surface area contributed by atoms with Crippen LogP contribution in [0.4, 0.5) is 4.39 Å². The maximum atomic E-state index is 13.8. The average Bonchev–Trinajstić information content (AvgIpc) is 2.14. The molecule has 17 heavy (non-hydrogen) atoms. The van der Waals surface area contributed by atoms with Crippen LogP contribution < -0.4 is 5.73 Å². The van der Waals surface area contributed by atoms with Crippen molar-refractivity contribution in [2.24, 2.45) is 5.73 Å². The predicted molar refractivity (Wildman–Crippen MR) is 55.7 cm³/mol. The molecule has 8 heteroatoms. The van der Waals surface area contributed by atoms with E-state index in [9.17, 15) is 22.7 Å². The Morgan fingerprint density at radius 1 is 1.47 bits per heavy atom. The molecule has 0 radical (unpaired) electrons. The van der Waals surface area contributed by atoms with Crippen LogP contribution in [0, 0.1) is 5.82 Å². The number of phenolic OH excluding ortho intramolecular Hbond substituents is 1. The van der Waals surface area contributed by atoms with Gasteiger partial charge < -0.3 is 15.9 Å². The van der Waals surface area contributed by atoms with Crippen LogP contribution in [-0.2, 0) is 14.6 Å². The van der Waals surface area contributed by atoms with Crippen LogP contribution in [0.3, 0.4) is 0 Å². The van der Waals surface area contributed by atoms with Crippen molar-refractivity contribution in [1.29, 1.82) is 0 Å². The first-order valence-corrected chi connectivity index (χ1v) is 6.25. The van der Waals surface area contributed by atoms with Crippen molar-refractivity contribution in [3.8, 4) is 5.75 Å². The lowest BCUT2D eigenvalue weighted by atomic mass is 10.1. The summed E-state index contributed by atoms with van der Waals surface area (Å²) in [5, 5.41) is 17.9. The third-order valence-electron chi connectivity index (χ3n) is 2.08. The Labute approximate surface area is 96.4 Å². The van der Waals surface area contributed by atoms with Gasteiger partial charge in [-0.15, -0.1) is 0 Å². The van der Waals surface area contributed by atoms with Crippen LogP contribution in [0.15, 0.2) is 17.0 Å². The SMILES string of the molecule is CS(=O)(=O)c1c(O)ccc(C(N)C(=O)O)c1F. The maximum Gasteiger partial charge on any atom is 0.325 e. The summed E-state index contributed by atoms with van der Waals surface area (Å²) < 4.78 is 36.2. The molecule has 0 aromatic heterocycles. The van der Waals surface area contributed by atoms with E-state index in [-0.39, 0.29) is 0 Å². The van der Waals surface area contributed by atoms with Crippen molar-refractivity contribution in [2.45, 2.75) is 10.9 Å². The molecular weight excluding hydrogens is 253 g/mol. The lowest BCUT2D eigenvalue weighted by Crippen LogP contribution is -2.22. The molecule has 0 saturated heterocycles. The Morgan fingerprint density at radius 3 is 2.41 bits per heavy atom. The highest BCUT2D eigenvalue weighted by Crippen LogP contribution is 2.30. The number of halogens is 1. The number of aliphatic carboxylic acids is 1. The number of sulfone groups is 1. The number of carboxylic acid groups (broad SMARTS) is 1. The Morgan fingerprint density at radius 2 is 2.00 bits per heavy atom. The third-order valence-corrected chi connectivity index (χ3v) is 3.21. The van der Waals surface area contributed by atoms with Gasteiger partial charge in [0.2, 0.25) is 0 Å². The number of carbonyl (C=O) groups is 1. The summed E-state index contributed by atoms with van der Waals surface area (Å²) in [5.41, 5.74) is 4.68. The van der Waals surface area contributed by atoms with Gasteiger partial charge in [0.05, 0.1) is 0 Å². The Bertz CT molecular complexity index is 569.